The molecule has 0 amide bonds. The molecule has 0 bridgehead atoms. The van der Waals surface area contributed by atoms with E-state index in [9.17, 15) is 0 Å². The Kier molecular flexibility index (Phi) is 9.03. The first-order chi connectivity index (χ1) is 5.37. The molecule has 3 nitrogen and oxygen atoms in total. The van der Waals surface area contributed by atoms with Crippen LogP contribution in [0.3, 0.4) is 0 Å². The van der Waals surface area contributed by atoms with Crippen molar-refractivity contribution in [3.8, 4) is 0 Å². The van der Waals surface area contributed by atoms with Crippen LogP contribution in [0, 0.1) is 0 Å². The van der Waals surface area contributed by atoms with Crippen molar-refractivity contribution in [1.82, 2.24) is 4.90 Å². The first-order valence-corrected chi connectivity index (χ1v) is 4.39. The number of hydrogen-bond donors (Lipinski definition) is 2. The lowest BCUT2D eigenvalue weighted by Crippen LogP contribution is -2.23. The second-order valence-electron chi connectivity index (χ2n) is 3.46. The van der Waals surface area contributed by atoms with Crippen LogP contribution in [0.4, 0.5) is 0 Å². The summed E-state index contributed by atoms with van der Waals surface area (Å²) >= 11 is 0. The highest BCUT2D eigenvalue weighted by Gasteiger charge is 2.07. The summed E-state index contributed by atoms with van der Waals surface area (Å²) in [7, 11) is 2.11. The van der Waals surface area contributed by atoms with Crippen LogP contribution in [-0.2, 0) is 0 Å². The summed E-state index contributed by atoms with van der Waals surface area (Å²) in [5.41, 5.74) is -0.903. The molecule has 76 valence electrons. The molecule has 0 radical (unpaired) electrons. The molecule has 12 heavy (non-hydrogen) atoms. The normalized spacial score (nSPS) is 11.0. The van der Waals surface area contributed by atoms with E-state index >= 15 is 0 Å². The average molecular weight is 177 g/mol. The number of hydrogen-bond acceptors (Lipinski definition) is 3. The summed E-state index contributed by atoms with van der Waals surface area (Å²) in [6.45, 7) is 9.56. The zero-order valence-electron chi connectivity index (χ0n) is 8.96. The third-order valence-corrected chi connectivity index (χ3v) is 1.47. The van der Waals surface area contributed by atoms with Crippen molar-refractivity contribution in [3.63, 3.8) is 0 Å². The first kappa shape index (κ1) is 14.4. The molecular weight excluding hydrogens is 154 g/mol. The quantitative estimate of drug-likeness (QED) is 0.667. The van der Waals surface area contributed by atoms with E-state index < -0.39 is 5.60 Å². The van der Waals surface area contributed by atoms with Crippen LogP contribution in [0.15, 0.2) is 0 Å². The highest BCUT2D eigenvalue weighted by Crippen LogP contribution is 1.95. The molecule has 0 rings (SSSR count). The molecule has 0 aromatic carbocycles. The number of rotatable bonds is 3. The molecule has 0 fully saturated rings. The highest BCUT2D eigenvalue weighted by molar-refractivity contribution is 4.59. The van der Waals surface area contributed by atoms with Crippen LogP contribution in [0.5, 0.6) is 0 Å². The summed E-state index contributed by atoms with van der Waals surface area (Å²) in [6.07, 6.45) is 0. The van der Waals surface area contributed by atoms with Crippen molar-refractivity contribution in [3.05, 3.63) is 0 Å². The first-order valence-electron chi connectivity index (χ1n) is 4.39. The molecule has 0 aliphatic rings. The fourth-order valence-electron chi connectivity index (χ4n) is 0.224. The molecule has 0 saturated heterocycles. The zero-order valence-corrected chi connectivity index (χ0v) is 8.96. The van der Waals surface area contributed by atoms with Crippen LogP contribution >= 0.6 is 0 Å². The Hall–Kier alpha value is -0.120. The van der Waals surface area contributed by atoms with Gasteiger partial charge in [-0.1, -0.05) is 13.8 Å². The van der Waals surface area contributed by atoms with Gasteiger partial charge in [-0.25, -0.2) is 0 Å². The molecule has 0 saturated carbocycles. The van der Waals surface area contributed by atoms with Gasteiger partial charge in [-0.3, -0.25) is 0 Å². The Morgan fingerprint density at radius 1 is 1.17 bits per heavy atom. The van der Waals surface area contributed by atoms with E-state index in [0.29, 0.717) is 0 Å². The van der Waals surface area contributed by atoms with E-state index in [-0.39, 0.29) is 6.61 Å². The van der Waals surface area contributed by atoms with Gasteiger partial charge in [0, 0.05) is 0 Å². The topological polar surface area (TPSA) is 43.7 Å². The minimum Gasteiger partial charge on any atom is -0.393 e. The van der Waals surface area contributed by atoms with Gasteiger partial charge in [0.05, 0.1) is 12.2 Å². The lowest BCUT2D eigenvalue weighted by atomic mass is 10.2. The Balaban J connectivity index is 0. The van der Waals surface area contributed by atoms with E-state index in [4.69, 9.17) is 10.2 Å². The van der Waals surface area contributed by atoms with Crippen LogP contribution < -0.4 is 0 Å². The molecule has 0 aliphatic carbocycles. The van der Waals surface area contributed by atoms with Crippen molar-refractivity contribution < 1.29 is 10.2 Å². The molecule has 0 aliphatic heterocycles. The lowest BCUT2D eigenvalue weighted by Gasteiger charge is -2.10. The fraction of sp³-hybridized carbons (Fsp3) is 1.00. The lowest BCUT2D eigenvalue weighted by molar-refractivity contribution is 0.0183. The molecule has 0 aromatic heterocycles. The van der Waals surface area contributed by atoms with Crippen molar-refractivity contribution in [2.75, 3.05) is 26.7 Å². The van der Waals surface area contributed by atoms with E-state index in [1.54, 1.807) is 13.8 Å². The van der Waals surface area contributed by atoms with Crippen molar-refractivity contribution in [1.29, 1.82) is 0 Å². The highest BCUT2D eigenvalue weighted by atomic mass is 16.3. The number of nitrogens with zero attached hydrogens (tertiary/aromatic N) is 1. The molecule has 0 unspecified atom stereocenters. The molecule has 0 heterocycles. The van der Waals surface area contributed by atoms with E-state index in [2.05, 4.69) is 25.8 Å². The zero-order chi connectivity index (χ0) is 10.2. The van der Waals surface area contributed by atoms with Gasteiger partial charge in [0.2, 0.25) is 0 Å². The van der Waals surface area contributed by atoms with Crippen LogP contribution in [-0.4, -0.2) is 47.5 Å². The number of aliphatic hydroxyl groups excluding tert-OH is 1. The summed E-state index contributed by atoms with van der Waals surface area (Å²) in [5.74, 6) is 0. The minimum absolute atomic E-state index is 0.174. The Morgan fingerprint density at radius 3 is 1.42 bits per heavy atom. The SMILES string of the molecule is CC(C)(O)CO.CCN(C)CC. The van der Waals surface area contributed by atoms with E-state index in [1.807, 2.05) is 0 Å². The van der Waals surface area contributed by atoms with E-state index in [1.165, 1.54) is 0 Å². The van der Waals surface area contributed by atoms with Crippen molar-refractivity contribution in [2.24, 2.45) is 0 Å². The van der Waals surface area contributed by atoms with E-state index in [0.717, 1.165) is 13.1 Å². The second kappa shape index (κ2) is 7.53. The largest absolute Gasteiger partial charge is 0.393 e. The van der Waals surface area contributed by atoms with Gasteiger partial charge in [-0.05, 0) is 34.0 Å². The van der Waals surface area contributed by atoms with Gasteiger partial charge in [0.15, 0.2) is 0 Å². The molecule has 0 spiro atoms. The summed E-state index contributed by atoms with van der Waals surface area (Å²) < 4.78 is 0. The predicted molar refractivity (Wildman–Crippen MR) is 52.2 cm³/mol. The van der Waals surface area contributed by atoms with Gasteiger partial charge in [0.1, 0.15) is 0 Å². The predicted octanol–water partition coefficient (Wildman–Crippen LogP) is 0.708. The molecule has 2 N–H and O–H groups in total. The second-order valence-corrected chi connectivity index (χ2v) is 3.46. The minimum atomic E-state index is -0.903. The summed E-state index contributed by atoms with van der Waals surface area (Å²) in [6, 6.07) is 0. The summed E-state index contributed by atoms with van der Waals surface area (Å²) in [4.78, 5) is 2.25. The molecular formula is C9H23NO2. The van der Waals surface area contributed by atoms with Crippen LogP contribution in [0.2, 0.25) is 0 Å². The van der Waals surface area contributed by atoms with Gasteiger partial charge < -0.3 is 15.1 Å². The smallest absolute Gasteiger partial charge is 0.0821 e. The summed E-state index contributed by atoms with van der Waals surface area (Å²) in [5, 5.41) is 16.7. The third-order valence-electron chi connectivity index (χ3n) is 1.47. The molecule has 3 heteroatoms. The van der Waals surface area contributed by atoms with Crippen LogP contribution in [0.25, 0.3) is 0 Å². The van der Waals surface area contributed by atoms with Crippen molar-refractivity contribution in [2.45, 2.75) is 33.3 Å². The maximum atomic E-state index is 8.58. The number of aliphatic hydroxyl groups is 2. The van der Waals surface area contributed by atoms with Crippen LogP contribution in [0.1, 0.15) is 27.7 Å². The third kappa shape index (κ3) is 16.5. The fourth-order valence-corrected chi connectivity index (χ4v) is 0.224. The van der Waals surface area contributed by atoms with Gasteiger partial charge in [0.25, 0.3) is 0 Å². The maximum Gasteiger partial charge on any atom is 0.0821 e. The Morgan fingerprint density at radius 2 is 1.42 bits per heavy atom. The van der Waals surface area contributed by atoms with Gasteiger partial charge >= 0.3 is 0 Å². The Labute approximate surface area is 76.0 Å². The standard InChI is InChI=1S/C5H13N.C4H10O2/c1-4-6(3)5-2;1-4(2,6)3-5/h4-5H2,1-3H3;5-6H,3H2,1-2H3. The van der Waals surface area contributed by atoms with Gasteiger partial charge in [-0.15, -0.1) is 0 Å². The molecule has 0 aromatic rings. The Bertz CT molecular complexity index is 85.0. The maximum absolute atomic E-state index is 8.58. The van der Waals surface area contributed by atoms with Crippen molar-refractivity contribution >= 4 is 0 Å². The molecule has 0 atom stereocenters. The average Bonchev–Trinajstić information content (AvgIpc) is 2.03. The van der Waals surface area contributed by atoms with Gasteiger partial charge in [-0.2, -0.15) is 0 Å². The monoisotopic (exact) mass is 177 g/mol.